The van der Waals surface area contributed by atoms with E-state index in [0.717, 1.165) is 17.2 Å². The van der Waals surface area contributed by atoms with Crippen molar-refractivity contribution >= 4 is 17.2 Å². The number of rotatable bonds is 3. The average molecular weight is 250 g/mol. The van der Waals surface area contributed by atoms with Gasteiger partial charge in [0.1, 0.15) is 5.82 Å². The lowest BCUT2D eigenvalue weighted by Gasteiger charge is -2.06. The molecule has 17 heavy (non-hydrogen) atoms. The van der Waals surface area contributed by atoms with Crippen molar-refractivity contribution in [2.45, 2.75) is 20.4 Å². The van der Waals surface area contributed by atoms with Gasteiger partial charge < -0.3 is 5.32 Å². The molecule has 0 radical (unpaired) electrons. The van der Waals surface area contributed by atoms with Crippen LogP contribution < -0.4 is 10.2 Å². The van der Waals surface area contributed by atoms with Crippen molar-refractivity contribution in [1.82, 2.24) is 14.5 Å². The summed E-state index contributed by atoms with van der Waals surface area (Å²) in [5.41, 5.74) is 1.83. The molecular weight excluding hydrogens is 236 g/mol. The van der Waals surface area contributed by atoms with Crippen molar-refractivity contribution in [3.8, 4) is 0 Å². The van der Waals surface area contributed by atoms with Crippen LogP contribution in [0.25, 0.3) is 0 Å². The van der Waals surface area contributed by atoms with Crippen molar-refractivity contribution < 1.29 is 0 Å². The topological polar surface area (TPSA) is 59.8 Å². The van der Waals surface area contributed by atoms with Gasteiger partial charge in [-0.2, -0.15) is 0 Å². The molecule has 0 atom stereocenters. The third-order valence-electron chi connectivity index (χ3n) is 2.43. The third-order valence-corrected chi connectivity index (χ3v) is 3.31. The van der Waals surface area contributed by atoms with Gasteiger partial charge in [0.05, 0.1) is 6.54 Å². The largest absolute Gasteiger partial charge is 0.373 e. The SMILES string of the molecule is CNc1cc(C)nc(Cn2c(C)csc2=O)n1. The van der Waals surface area contributed by atoms with Crippen LogP contribution in [0.4, 0.5) is 5.82 Å². The number of hydrogen-bond acceptors (Lipinski definition) is 5. The Bertz CT molecular complexity index is 587. The van der Waals surface area contributed by atoms with Gasteiger partial charge >= 0.3 is 4.87 Å². The number of aryl methyl sites for hydroxylation is 2. The monoisotopic (exact) mass is 250 g/mol. The predicted molar refractivity (Wildman–Crippen MR) is 68.7 cm³/mol. The minimum absolute atomic E-state index is 0.0265. The molecule has 0 aliphatic rings. The molecule has 0 aliphatic carbocycles. The maximum absolute atomic E-state index is 11.6. The quantitative estimate of drug-likeness (QED) is 0.894. The van der Waals surface area contributed by atoms with E-state index in [1.165, 1.54) is 11.3 Å². The van der Waals surface area contributed by atoms with Crippen LogP contribution in [0.1, 0.15) is 17.2 Å². The van der Waals surface area contributed by atoms with Crippen LogP contribution in [-0.4, -0.2) is 21.6 Å². The Morgan fingerprint density at radius 1 is 1.41 bits per heavy atom. The Hall–Kier alpha value is -1.69. The van der Waals surface area contributed by atoms with E-state index in [4.69, 9.17) is 0 Å². The fourth-order valence-corrected chi connectivity index (χ4v) is 2.30. The van der Waals surface area contributed by atoms with Crippen LogP contribution in [0.2, 0.25) is 0 Å². The molecule has 0 bridgehead atoms. The van der Waals surface area contributed by atoms with Gasteiger partial charge in [0.2, 0.25) is 0 Å². The first-order chi connectivity index (χ1) is 8.10. The molecule has 1 N–H and O–H groups in total. The van der Waals surface area contributed by atoms with Crippen molar-refractivity contribution in [2.75, 3.05) is 12.4 Å². The minimum Gasteiger partial charge on any atom is -0.373 e. The van der Waals surface area contributed by atoms with E-state index in [1.54, 1.807) is 4.57 Å². The lowest BCUT2D eigenvalue weighted by molar-refractivity contribution is 0.708. The molecule has 0 amide bonds. The molecule has 6 heteroatoms. The predicted octanol–water partition coefficient (Wildman–Crippen LogP) is 1.41. The highest BCUT2D eigenvalue weighted by Crippen LogP contribution is 2.07. The van der Waals surface area contributed by atoms with Gasteiger partial charge in [0, 0.05) is 29.9 Å². The number of hydrogen-bond donors (Lipinski definition) is 1. The summed E-state index contributed by atoms with van der Waals surface area (Å²) in [5.74, 6) is 1.42. The summed E-state index contributed by atoms with van der Waals surface area (Å²) in [5, 5.41) is 4.83. The first-order valence-corrected chi connectivity index (χ1v) is 6.15. The highest BCUT2D eigenvalue weighted by Gasteiger charge is 2.07. The fraction of sp³-hybridized carbons (Fsp3) is 0.364. The molecule has 0 aromatic carbocycles. The van der Waals surface area contributed by atoms with E-state index in [9.17, 15) is 4.79 Å². The van der Waals surface area contributed by atoms with Gasteiger partial charge in [-0.05, 0) is 13.8 Å². The van der Waals surface area contributed by atoms with E-state index < -0.39 is 0 Å². The molecule has 0 fully saturated rings. The van der Waals surface area contributed by atoms with Crippen molar-refractivity contribution in [3.63, 3.8) is 0 Å². The Labute approximate surface area is 103 Å². The minimum atomic E-state index is 0.0265. The van der Waals surface area contributed by atoms with Gasteiger partial charge in [0.25, 0.3) is 0 Å². The van der Waals surface area contributed by atoms with Gasteiger partial charge in [-0.3, -0.25) is 9.36 Å². The molecule has 90 valence electrons. The molecule has 2 aromatic heterocycles. The van der Waals surface area contributed by atoms with Crippen LogP contribution >= 0.6 is 11.3 Å². The van der Waals surface area contributed by atoms with E-state index in [2.05, 4.69) is 15.3 Å². The zero-order chi connectivity index (χ0) is 12.4. The number of thiazole rings is 1. The first kappa shape index (κ1) is 11.8. The summed E-state index contributed by atoms with van der Waals surface area (Å²) in [4.78, 5) is 20.3. The first-order valence-electron chi connectivity index (χ1n) is 5.27. The third kappa shape index (κ3) is 2.52. The Balaban J connectivity index is 2.36. The number of anilines is 1. The molecule has 2 aromatic rings. The van der Waals surface area contributed by atoms with Crippen LogP contribution in [0.5, 0.6) is 0 Å². The van der Waals surface area contributed by atoms with Crippen molar-refractivity contribution in [2.24, 2.45) is 0 Å². The number of aromatic nitrogens is 3. The molecule has 0 saturated heterocycles. The summed E-state index contributed by atoms with van der Waals surface area (Å²) >= 11 is 1.20. The van der Waals surface area contributed by atoms with Crippen molar-refractivity contribution in [3.05, 3.63) is 38.3 Å². The highest BCUT2D eigenvalue weighted by molar-refractivity contribution is 7.07. The smallest absolute Gasteiger partial charge is 0.307 e. The molecule has 2 rings (SSSR count). The Morgan fingerprint density at radius 2 is 2.18 bits per heavy atom. The Kier molecular flexibility index (Phi) is 3.23. The van der Waals surface area contributed by atoms with Gasteiger partial charge in [-0.1, -0.05) is 11.3 Å². The molecule has 0 saturated carbocycles. The molecule has 0 aliphatic heterocycles. The summed E-state index contributed by atoms with van der Waals surface area (Å²) in [6.07, 6.45) is 0. The second-order valence-electron chi connectivity index (χ2n) is 3.79. The summed E-state index contributed by atoms with van der Waals surface area (Å²) in [6.45, 7) is 4.24. The summed E-state index contributed by atoms with van der Waals surface area (Å²) in [6, 6.07) is 1.87. The zero-order valence-electron chi connectivity index (χ0n) is 10.0. The van der Waals surface area contributed by atoms with Crippen LogP contribution in [-0.2, 0) is 6.54 Å². The second kappa shape index (κ2) is 4.67. The van der Waals surface area contributed by atoms with Gasteiger partial charge in [-0.25, -0.2) is 9.97 Å². The molecular formula is C11H14N4OS. The van der Waals surface area contributed by atoms with Crippen LogP contribution in [0, 0.1) is 13.8 Å². The molecule has 5 nitrogen and oxygen atoms in total. The number of nitrogens with one attached hydrogen (secondary N) is 1. The zero-order valence-corrected chi connectivity index (χ0v) is 10.8. The molecule has 2 heterocycles. The normalized spacial score (nSPS) is 10.5. The summed E-state index contributed by atoms with van der Waals surface area (Å²) < 4.78 is 1.68. The van der Waals surface area contributed by atoms with Gasteiger partial charge in [-0.15, -0.1) is 0 Å². The lowest BCUT2D eigenvalue weighted by Crippen LogP contribution is -2.17. The molecule has 0 unspecified atom stereocenters. The second-order valence-corrected chi connectivity index (χ2v) is 4.61. The summed E-state index contributed by atoms with van der Waals surface area (Å²) in [7, 11) is 1.81. The Morgan fingerprint density at radius 3 is 2.76 bits per heavy atom. The van der Waals surface area contributed by atoms with E-state index in [-0.39, 0.29) is 4.87 Å². The van der Waals surface area contributed by atoms with Gasteiger partial charge in [0.15, 0.2) is 5.82 Å². The van der Waals surface area contributed by atoms with E-state index >= 15 is 0 Å². The maximum Gasteiger partial charge on any atom is 0.307 e. The average Bonchev–Trinajstić information content (AvgIpc) is 2.60. The maximum atomic E-state index is 11.6. The number of nitrogens with zero attached hydrogens (tertiary/aromatic N) is 3. The van der Waals surface area contributed by atoms with Crippen molar-refractivity contribution in [1.29, 1.82) is 0 Å². The lowest BCUT2D eigenvalue weighted by atomic mass is 10.4. The molecule has 0 spiro atoms. The van der Waals surface area contributed by atoms with E-state index in [0.29, 0.717) is 12.4 Å². The highest BCUT2D eigenvalue weighted by atomic mass is 32.1. The van der Waals surface area contributed by atoms with Crippen LogP contribution in [0.3, 0.4) is 0 Å². The standard InChI is InChI=1S/C11H14N4OS/c1-7-4-9(12-3)14-10(13-7)5-15-8(2)6-17-11(15)16/h4,6H,5H2,1-3H3,(H,12,13,14). The van der Waals surface area contributed by atoms with Crippen LogP contribution in [0.15, 0.2) is 16.2 Å². The van der Waals surface area contributed by atoms with E-state index in [1.807, 2.05) is 32.3 Å². The fourth-order valence-electron chi connectivity index (χ4n) is 1.57.